The fourth-order valence-electron chi connectivity index (χ4n) is 2.65. The number of nitrogens with one attached hydrogen (secondary N) is 2. The third-order valence-corrected chi connectivity index (χ3v) is 4.08. The molecule has 3 N–H and O–H groups in total. The second-order valence-corrected chi connectivity index (χ2v) is 6.24. The molecule has 6 heteroatoms. The Hall–Kier alpha value is -3.15. The smallest absolute Gasteiger partial charge is 0.303 e. The normalized spacial score (nSPS) is 11.4. The van der Waals surface area contributed by atoms with E-state index in [1.54, 1.807) is 36.4 Å². The number of benzene rings is 2. The Morgan fingerprint density at radius 1 is 0.852 bits per heavy atom. The highest BCUT2D eigenvalue weighted by atomic mass is 16.4. The molecule has 2 rings (SSSR count). The number of anilines is 1. The van der Waals surface area contributed by atoms with Crippen LogP contribution in [0.1, 0.15) is 42.5 Å². The number of hydrogen-bond donors (Lipinski definition) is 3. The van der Waals surface area contributed by atoms with Gasteiger partial charge in [0.1, 0.15) is 6.04 Å². The van der Waals surface area contributed by atoms with Crippen molar-refractivity contribution >= 4 is 23.5 Å². The predicted octanol–water partition coefficient (Wildman–Crippen LogP) is 3.46. The Kier molecular flexibility index (Phi) is 8.03. The maximum Gasteiger partial charge on any atom is 0.303 e. The molecule has 6 nitrogen and oxygen atoms in total. The van der Waals surface area contributed by atoms with Crippen LogP contribution in [0.3, 0.4) is 0 Å². The number of para-hydroxylation sites is 1. The largest absolute Gasteiger partial charge is 0.481 e. The number of rotatable bonds is 10. The molecule has 2 aromatic rings. The Balaban J connectivity index is 1.97. The molecule has 27 heavy (non-hydrogen) atoms. The second kappa shape index (κ2) is 10.8. The van der Waals surface area contributed by atoms with Crippen LogP contribution < -0.4 is 10.6 Å². The van der Waals surface area contributed by atoms with Crippen LogP contribution in [0.15, 0.2) is 60.7 Å². The van der Waals surface area contributed by atoms with Gasteiger partial charge in [0.2, 0.25) is 5.91 Å². The zero-order valence-electron chi connectivity index (χ0n) is 15.1. The van der Waals surface area contributed by atoms with Crippen molar-refractivity contribution in [1.82, 2.24) is 5.32 Å². The topological polar surface area (TPSA) is 95.5 Å². The van der Waals surface area contributed by atoms with Gasteiger partial charge in [-0.05, 0) is 37.1 Å². The van der Waals surface area contributed by atoms with Crippen LogP contribution in [0, 0.1) is 0 Å². The average Bonchev–Trinajstić information content (AvgIpc) is 2.68. The van der Waals surface area contributed by atoms with E-state index in [1.165, 1.54) is 0 Å². The molecule has 0 heterocycles. The highest BCUT2D eigenvalue weighted by Crippen LogP contribution is 2.11. The molecule has 0 aliphatic rings. The van der Waals surface area contributed by atoms with E-state index >= 15 is 0 Å². The standard InChI is InChI=1S/C21H24N2O4/c24-19(25)15-9-3-8-14-18(21(27)22-17-12-6-2-7-13-17)23-20(26)16-10-4-1-5-11-16/h1-2,4-7,10-13,18H,3,8-9,14-15H2,(H,22,27)(H,23,26)(H,24,25)/t18-/m0/s1. The Morgan fingerprint density at radius 2 is 1.48 bits per heavy atom. The van der Waals surface area contributed by atoms with Crippen molar-refractivity contribution in [3.8, 4) is 0 Å². The van der Waals surface area contributed by atoms with Gasteiger partial charge in [-0.3, -0.25) is 14.4 Å². The summed E-state index contributed by atoms with van der Waals surface area (Å²) in [5.41, 5.74) is 1.15. The number of amides is 2. The molecule has 0 aromatic heterocycles. The quantitative estimate of drug-likeness (QED) is 0.560. The molecule has 0 aliphatic carbocycles. The van der Waals surface area contributed by atoms with E-state index in [9.17, 15) is 14.4 Å². The van der Waals surface area contributed by atoms with Crippen LogP contribution in [-0.4, -0.2) is 28.9 Å². The number of hydrogen-bond acceptors (Lipinski definition) is 3. The highest BCUT2D eigenvalue weighted by Gasteiger charge is 2.21. The molecule has 0 aliphatic heterocycles. The monoisotopic (exact) mass is 368 g/mol. The molecule has 0 saturated carbocycles. The lowest BCUT2D eigenvalue weighted by Crippen LogP contribution is -2.43. The summed E-state index contributed by atoms with van der Waals surface area (Å²) in [6.07, 6.45) is 2.43. The zero-order chi connectivity index (χ0) is 19.5. The van der Waals surface area contributed by atoms with Gasteiger partial charge >= 0.3 is 5.97 Å². The maximum atomic E-state index is 12.6. The minimum absolute atomic E-state index is 0.108. The van der Waals surface area contributed by atoms with Crippen LogP contribution >= 0.6 is 0 Å². The number of carboxylic acid groups (broad SMARTS) is 1. The lowest BCUT2D eigenvalue weighted by atomic mass is 10.1. The predicted molar refractivity (Wildman–Crippen MR) is 103 cm³/mol. The summed E-state index contributed by atoms with van der Waals surface area (Å²) in [5, 5.41) is 14.3. The van der Waals surface area contributed by atoms with Crippen molar-refractivity contribution in [3.05, 3.63) is 66.2 Å². The molecule has 0 unspecified atom stereocenters. The van der Waals surface area contributed by atoms with Crippen LogP contribution in [0.25, 0.3) is 0 Å². The molecule has 0 spiro atoms. The maximum absolute atomic E-state index is 12.6. The van der Waals surface area contributed by atoms with Gasteiger partial charge in [0.15, 0.2) is 0 Å². The second-order valence-electron chi connectivity index (χ2n) is 6.24. The fourth-order valence-corrected chi connectivity index (χ4v) is 2.65. The van der Waals surface area contributed by atoms with Crippen LogP contribution in [-0.2, 0) is 9.59 Å². The van der Waals surface area contributed by atoms with Gasteiger partial charge in [0, 0.05) is 17.7 Å². The third-order valence-electron chi connectivity index (χ3n) is 4.08. The van der Waals surface area contributed by atoms with Gasteiger partial charge in [-0.2, -0.15) is 0 Å². The molecule has 2 aromatic carbocycles. The van der Waals surface area contributed by atoms with Gasteiger partial charge in [0.05, 0.1) is 0 Å². The molecule has 1 atom stereocenters. The molecular weight excluding hydrogens is 344 g/mol. The van der Waals surface area contributed by atoms with Crippen LogP contribution in [0.5, 0.6) is 0 Å². The first-order valence-electron chi connectivity index (χ1n) is 9.00. The van der Waals surface area contributed by atoms with Crippen molar-refractivity contribution in [2.45, 2.75) is 38.1 Å². The van der Waals surface area contributed by atoms with Gasteiger partial charge in [0.25, 0.3) is 5.91 Å². The minimum atomic E-state index is -0.828. The van der Waals surface area contributed by atoms with Gasteiger partial charge in [-0.25, -0.2) is 0 Å². The first kappa shape index (κ1) is 20.2. The fraction of sp³-hybridized carbons (Fsp3) is 0.286. The van der Waals surface area contributed by atoms with Gasteiger partial charge in [-0.1, -0.05) is 49.2 Å². The van der Waals surface area contributed by atoms with E-state index in [-0.39, 0.29) is 18.2 Å². The van der Waals surface area contributed by atoms with E-state index in [2.05, 4.69) is 10.6 Å². The van der Waals surface area contributed by atoms with Gasteiger partial charge < -0.3 is 15.7 Å². The van der Waals surface area contributed by atoms with E-state index in [0.29, 0.717) is 36.9 Å². The van der Waals surface area contributed by atoms with Crippen LogP contribution in [0.2, 0.25) is 0 Å². The summed E-state index contributed by atoms with van der Waals surface area (Å²) in [6.45, 7) is 0. The van der Waals surface area contributed by atoms with Crippen molar-refractivity contribution in [3.63, 3.8) is 0 Å². The molecule has 2 amide bonds. The SMILES string of the molecule is O=C(O)CCCCC[C@H](NC(=O)c1ccccc1)C(=O)Nc1ccccc1. The first-order valence-corrected chi connectivity index (χ1v) is 9.00. The number of carbonyl (C=O) groups is 3. The van der Waals surface area contributed by atoms with Crippen molar-refractivity contribution in [1.29, 1.82) is 0 Å². The summed E-state index contributed by atoms with van der Waals surface area (Å²) in [5.74, 6) is -1.43. The number of carbonyl (C=O) groups excluding carboxylic acids is 2. The summed E-state index contributed by atoms with van der Waals surface area (Å²) in [7, 11) is 0. The summed E-state index contributed by atoms with van der Waals surface area (Å²) in [4.78, 5) is 35.6. The Morgan fingerprint density at radius 3 is 2.11 bits per heavy atom. The summed E-state index contributed by atoms with van der Waals surface area (Å²) < 4.78 is 0. The summed E-state index contributed by atoms with van der Waals surface area (Å²) >= 11 is 0. The lowest BCUT2D eigenvalue weighted by molar-refractivity contribution is -0.137. The Bertz CT molecular complexity index is 747. The van der Waals surface area contributed by atoms with E-state index in [1.807, 2.05) is 24.3 Å². The average molecular weight is 368 g/mol. The summed E-state index contributed by atoms with van der Waals surface area (Å²) in [6, 6.07) is 17.1. The molecule has 0 fully saturated rings. The zero-order valence-corrected chi connectivity index (χ0v) is 15.1. The number of carboxylic acids is 1. The number of unbranched alkanes of at least 4 members (excludes halogenated alkanes) is 2. The highest BCUT2D eigenvalue weighted by molar-refractivity contribution is 6.01. The van der Waals surface area contributed by atoms with Crippen molar-refractivity contribution in [2.24, 2.45) is 0 Å². The Labute approximate surface area is 158 Å². The molecule has 142 valence electrons. The van der Waals surface area contributed by atoms with Crippen molar-refractivity contribution < 1.29 is 19.5 Å². The van der Waals surface area contributed by atoms with Gasteiger partial charge in [-0.15, -0.1) is 0 Å². The lowest BCUT2D eigenvalue weighted by Gasteiger charge is -2.18. The van der Waals surface area contributed by atoms with E-state index in [4.69, 9.17) is 5.11 Å². The first-order chi connectivity index (χ1) is 13.1. The number of aliphatic carboxylic acids is 1. The van der Waals surface area contributed by atoms with Crippen LogP contribution in [0.4, 0.5) is 5.69 Å². The van der Waals surface area contributed by atoms with E-state index < -0.39 is 12.0 Å². The third kappa shape index (κ3) is 7.32. The molecule has 0 bridgehead atoms. The van der Waals surface area contributed by atoms with Crippen molar-refractivity contribution in [2.75, 3.05) is 5.32 Å². The molecular formula is C21H24N2O4. The van der Waals surface area contributed by atoms with E-state index in [0.717, 1.165) is 0 Å². The molecule has 0 saturated heterocycles. The minimum Gasteiger partial charge on any atom is -0.481 e. The molecule has 0 radical (unpaired) electrons.